The lowest BCUT2D eigenvalue weighted by Gasteiger charge is -2.31. The summed E-state index contributed by atoms with van der Waals surface area (Å²) in [7, 11) is 0. The van der Waals surface area contributed by atoms with Gasteiger partial charge in [-0.3, -0.25) is 5.01 Å². The number of likely N-dealkylation sites (tertiary alicyclic amines) is 1. The van der Waals surface area contributed by atoms with Gasteiger partial charge in [-0.15, -0.1) is 0 Å². The molecule has 8 heteroatoms. The molecule has 7 nitrogen and oxygen atoms in total. The third-order valence-electron chi connectivity index (χ3n) is 7.24. The highest BCUT2D eigenvalue weighted by molar-refractivity contribution is 6.17. The summed E-state index contributed by atoms with van der Waals surface area (Å²) < 4.78 is 13.4. The van der Waals surface area contributed by atoms with Crippen LogP contribution in [0.3, 0.4) is 0 Å². The van der Waals surface area contributed by atoms with Gasteiger partial charge >= 0.3 is 0 Å². The number of rotatable bonds is 5. The van der Waals surface area contributed by atoms with Crippen LogP contribution in [0.4, 0.5) is 4.39 Å². The zero-order valence-electron chi connectivity index (χ0n) is 20.8. The van der Waals surface area contributed by atoms with Crippen LogP contribution in [0.5, 0.6) is 0 Å². The van der Waals surface area contributed by atoms with Gasteiger partial charge in [0.15, 0.2) is 6.17 Å². The highest BCUT2D eigenvalue weighted by atomic mass is 19.1. The van der Waals surface area contributed by atoms with Gasteiger partial charge in [-0.1, -0.05) is 30.2 Å². The Labute approximate surface area is 212 Å². The van der Waals surface area contributed by atoms with Crippen LogP contribution in [0.25, 0.3) is 0 Å². The van der Waals surface area contributed by atoms with Crippen molar-refractivity contribution in [1.29, 1.82) is 0 Å². The van der Waals surface area contributed by atoms with Gasteiger partial charge in [0, 0.05) is 24.4 Å². The Balaban J connectivity index is 1.31. The predicted octanol–water partition coefficient (Wildman–Crippen LogP) is 4.05. The number of amidine groups is 1. The minimum absolute atomic E-state index is 0.163. The Hall–Kier alpha value is -3.86. The largest absolute Gasteiger partial charge is 0.386 e. The molecule has 3 heterocycles. The molecule has 0 amide bonds. The number of nitrogens with one attached hydrogen (secondary N) is 1. The molecule has 1 saturated heterocycles. The van der Waals surface area contributed by atoms with E-state index in [0.717, 1.165) is 61.4 Å². The molecule has 1 aromatic rings. The van der Waals surface area contributed by atoms with E-state index >= 15 is 0 Å². The van der Waals surface area contributed by atoms with E-state index in [1.807, 2.05) is 24.1 Å². The van der Waals surface area contributed by atoms with Crippen LogP contribution >= 0.6 is 0 Å². The van der Waals surface area contributed by atoms with Gasteiger partial charge in [0.2, 0.25) is 0 Å². The average Bonchev–Trinajstić information content (AvgIpc) is 3.51. The van der Waals surface area contributed by atoms with Crippen molar-refractivity contribution < 1.29 is 4.39 Å². The molecule has 0 bridgehead atoms. The van der Waals surface area contributed by atoms with Gasteiger partial charge in [-0.05, 0) is 69.2 Å². The number of hydrogen-bond donors (Lipinski definition) is 2. The molecule has 0 aromatic heterocycles. The van der Waals surface area contributed by atoms with E-state index in [1.54, 1.807) is 0 Å². The van der Waals surface area contributed by atoms with Crippen LogP contribution in [-0.4, -0.2) is 47.0 Å². The zero-order chi connectivity index (χ0) is 25.2. The second kappa shape index (κ2) is 10.0. The van der Waals surface area contributed by atoms with Crippen molar-refractivity contribution in [3.8, 4) is 11.8 Å². The summed E-state index contributed by atoms with van der Waals surface area (Å²) in [6.45, 7) is 10.1. The molecular weight excluding hydrogens is 453 g/mol. The molecule has 186 valence electrons. The molecule has 1 fully saturated rings. The Morgan fingerprint density at radius 3 is 2.83 bits per heavy atom. The molecule has 0 saturated carbocycles. The molecule has 5 rings (SSSR count). The first-order valence-electron chi connectivity index (χ1n) is 12.5. The number of fused-ring (bicyclic) bond motifs is 1. The highest BCUT2D eigenvalue weighted by Gasteiger charge is 2.39. The number of nitrogens with zero attached hydrogens (tertiary/aromatic N) is 5. The topological polar surface area (TPSA) is 81.6 Å². The number of aliphatic imine (C=N–C) groups is 2. The van der Waals surface area contributed by atoms with Crippen LogP contribution in [-0.2, 0) is 0 Å². The number of nitrogens with two attached hydrogens (primary N) is 1. The van der Waals surface area contributed by atoms with Crippen molar-refractivity contribution in [2.45, 2.75) is 51.7 Å². The monoisotopic (exact) mass is 485 g/mol. The molecular formula is C28H32FN7. The summed E-state index contributed by atoms with van der Waals surface area (Å²) in [6.07, 6.45) is 7.38. The van der Waals surface area contributed by atoms with Gasteiger partial charge in [-0.2, -0.15) is 5.10 Å². The van der Waals surface area contributed by atoms with Gasteiger partial charge in [-0.25, -0.2) is 14.4 Å². The molecule has 2 unspecified atom stereocenters. The molecule has 0 radical (unpaired) electrons. The Morgan fingerprint density at radius 2 is 2.06 bits per heavy atom. The van der Waals surface area contributed by atoms with E-state index in [4.69, 9.17) is 5.73 Å². The van der Waals surface area contributed by atoms with Crippen molar-refractivity contribution in [3.63, 3.8) is 0 Å². The smallest absolute Gasteiger partial charge is 0.154 e. The van der Waals surface area contributed by atoms with E-state index < -0.39 is 0 Å². The zero-order valence-corrected chi connectivity index (χ0v) is 20.8. The van der Waals surface area contributed by atoms with Gasteiger partial charge in [0.1, 0.15) is 29.6 Å². The van der Waals surface area contributed by atoms with E-state index in [9.17, 15) is 4.39 Å². The predicted molar refractivity (Wildman–Crippen MR) is 142 cm³/mol. The maximum atomic E-state index is 13.4. The number of allylic oxidation sites excluding steroid dienone is 4. The first-order chi connectivity index (χ1) is 17.4. The number of hydrazone groups is 1. The fourth-order valence-electron chi connectivity index (χ4n) is 5.22. The number of hydrogen-bond acceptors (Lipinski definition) is 7. The van der Waals surface area contributed by atoms with Gasteiger partial charge in [0.05, 0.1) is 11.9 Å². The minimum atomic E-state index is -0.212. The molecule has 1 aromatic carbocycles. The van der Waals surface area contributed by atoms with Crippen LogP contribution in [0.1, 0.15) is 51.1 Å². The van der Waals surface area contributed by atoms with E-state index in [1.165, 1.54) is 24.0 Å². The summed E-state index contributed by atoms with van der Waals surface area (Å²) in [5.74, 6) is 7.56. The van der Waals surface area contributed by atoms with Gasteiger partial charge < -0.3 is 16.0 Å². The van der Waals surface area contributed by atoms with Crippen LogP contribution < -0.4 is 11.1 Å². The Morgan fingerprint density at radius 1 is 1.25 bits per heavy atom. The average molecular weight is 486 g/mol. The maximum Gasteiger partial charge on any atom is 0.154 e. The van der Waals surface area contributed by atoms with Crippen molar-refractivity contribution in [3.05, 3.63) is 71.0 Å². The molecule has 3 atom stereocenters. The second-order valence-electron chi connectivity index (χ2n) is 9.54. The lowest BCUT2D eigenvalue weighted by atomic mass is 9.95. The minimum Gasteiger partial charge on any atom is -0.386 e. The van der Waals surface area contributed by atoms with Crippen LogP contribution in [0, 0.1) is 23.6 Å². The summed E-state index contributed by atoms with van der Waals surface area (Å²) in [5.41, 5.74) is 11.3. The SMILES string of the molecule is C=C(NC1=CC(C#CC2=NN(CC)C3N=CN=C(N)C23)=C(C)CC1)N1CCC[C@@H]1c1ccc(F)cc1. The first kappa shape index (κ1) is 23.9. The van der Waals surface area contributed by atoms with E-state index in [2.05, 4.69) is 56.7 Å². The van der Waals surface area contributed by atoms with Crippen molar-refractivity contribution >= 4 is 17.9 Å². The third-order valence-corrected chi connectivity index (χ3v) is 7.24. The number of halogens is 1. The van der Waals surface area contributed by atoms with Crippen LogP contribution in [0.2, 0.25) is 0 Å². The summed E-state index contributed by atoms with van der Waals surface area (Å²) in [4.78, 5) is 10.9. The quantitative estimate of drug-likeness (QED) is 0.617. The molecule has 0 spiro atoms. The summed E-state index contributed by atoms with van der Waals surface area (Å²) in [5, 5.41) is 10.1. The Kier molecular flexibility index (Phi) is 6.64. The maximum absolute atomic E-state index is 13.4. The molecule has 3 aliphatic heterocycles. The fraction of sp³-hybridized carbons (Fsp3) is 0.393. The molecule has 3 N–H and O–H groups in total. The summed E-state index contributed by atoms with van der Waals surface area (Å²) in [6, 6.07) is 7.00. The fourth-order valence-corrected chi connectivity index (χ4v) is 5.22. The lowest BCUT2D eigenvalue weighted by Crippen LogP contribution is -2.42. The van der Waals surface area contributed by atoms with E-state index in [0.29, 0.717) is 11.5 Å². The van der Waals surface area contributed by atoms with Crippen molar-refractivity contribution in [2.75, 3.05) is 13.1 Å². The highest BCUT2D eigenvalue weighted by Crippen LogP contribution is 2.34. The first-order valence-corrected chi connectivity index (χ1v) is 12.5. The molecule has 1 aliphatic carbocycles. The van der Waals surface area contributed by atoms with Crippen molar-refractivity contribution in [1.82, 2.24) is 15.2 Å². The summed E-state index contributed by atoms with van der Waals surface area (Å²) >= 11 is 0. The lowest BCUT2D eigenvalue weighted by molar-refractivity contribution is 0.235. The van der Waals surface area contributed by atoms with Crippen molar-refractivity contribution in [2.24, 2.45) is 26.7 Å². The van der Waals surface area contributed by atoms with E-state index in [-0.39, 0.29) is 23.9 Å². The standard InChI is InChI=1S/C28H32FN7/c1-4-36-28-26(27(30)31-17-32-28)24(34-36)14-10-21-16-23(13-7-18(21)2)33-19(3)35-15-5-6-25(35)20-8-11-22(29)12-9-20/h8-9,11-12,16-17,25-26,28,33H,3-7,13,15H2,1-2H3,(H2,30,31,32)/t25-,26?,28?/m1/s1. The van der Waals surface area contributed by atoms with Crippen LogP contribution in [0.15, 0.2) is 74.7 Å². The normalized spacial score (nSPS) is 25.1. The Bertz CT molecular complexity index is 1260. The molecule has 36 heavy (non-hydrogen) atoms. The second-order valence-corrected chi connectivity index (χ2v) is 9.54. The third kappa shape index (κ3) is 4.66. The van der Waals surface area contributed by atoms with Gasteiger partial charge in [0.25, 0.3) is 0 Å². The molecule has 4 aliphatic rings. The number of benzene rings is 1.